The number of nitrogens with one attached hydrogen (secondary N) is 1. The maximum Gasteiger partial charge on any atom is 0.259 e. The lowest BCUT2D eigenvalue weighted by atomic mass is 10.1. The number of phenols is 1. The Labute approximate surface area is 145 Å². The molecule has 1 aliphatic heterocycles. The number of para-hydroxylation sites is 1. The molecule has 1 saturated heterocycles. The number of ether oxygens (including phenoxy) is 1. The van der Waals surface area contributed by atoms with Gasteiger partial charge in [0.2, 0.25) is 0 Å². The van der Waals surface area contributed by atoms with Gasteiger partial charge in [-0.2, -0.15) is 0 Å². The van der Waals surface area contributed by atoms with E-state index in [1.165, 1.54) is 6.07 Å². The van der Waals surface area contributed by atoms with E-state index in [1.54, 1.807) is 30.3 Å². The molecule has 24 heavy (non-hydrogen) atoms. The van der Waals surface area contributed by atoms with Gasteiger partial charge >= 0.3 is 0 Å². The van der Waals surface area contributed by atoms with Gasteiger partial charge in [0.25, 0.3) is 5.91 Å². The van der Waals surface area contributed by atoms with Crippen LogP contribution in [0.3, 0.4) is 0 Å². The quantitative estimate of drug-likeness (QED) is 0.893. The first kappa shape index (κ1) is 16.6. The number of halogens is 1. The maximum atomic E-state index is 12.6. The van der Waals surface area contributed by atoms with Crippen LogP contribution in [0, 0.1) is 6.92 Å². The summed E-state index contributed by atoms with van der Waals surface area (Å²) >= 11 is 6.37. The largest absolute Gasteiger partial charge is 0.507 e. The molecular formula is C18H19ClN2O3. The van der Waals surface area contributed by atoms with Gasteiger partial charge in [0.05, 0.1) is 35.2 Å². The molecule has 1 aliphatic rings. The van der Waals surface area contributed by atoms with Crippen LogP contribution < -0.4 is 10.2 Å². The van der Waals surface area contributed by atoms with E-state index in [0.717, 1.165) is 11.3 Å². The molecule has 0 bridgehead atoms. The van der Waals surface area contributed by atoms with Gasteiger partial charge in [-0.05, 0) is 31.2 Å². The van der Waals surface area contributed by atoms with Crippen molar-refractivity contribution < 1.29 is 14.6 Å². The van der Waals surface area contributed by atoms with Crippen molar-refractivity contribution >= 4 is 28.9 Å². The fraction of sp³-hybridized carbons (Fsp3) is 0.278. The molecule has 0 aromatic heterocycles. The van der Waals surface area contributed by atoms with E-state index in [1.807, 2.05) is 6.92 Å². The minimum absolute atomic E-state index is 0.0481. The molecule has 2 aromatic carbocycles. The zero-order valence-electron chi connectivity index (χ0n) is 13.4. The molecule has 126 valence electrons. The molecule has 0 saturated carbocycles. The third kappa shape index (κ3) is 3.47. The summed E-state index contributed by atoms with van der Waals surface area (Å²) in [6.07, 6.45) is 0. The second-order valence-corrected chi connectivity index (χ2v) is 6.12. The number of aryl methyl sites for hydroxylation is 1. The Bertz CT molecular complexity index is 758. The van der Waals surface area contributed by atoms with Crippen LogP contribution >= 0.6 is 11.6 Å². The summed E-state index contributed by atoms with van der Waals surface area (Å²) in [4.78, 5) is 14.7. The third-order valence-corrected chi connectivity index (χ3v) is 4.26. The Morgan fingerprint density at radius 1 is 1.25 bits per heavy atom. The first-order valence-corrected chi connectivity index (χ1v) is 8.16. The van der Waals surface area contributed by atoms with Crippen LogP contribution in [0.5, 0.6) is 5.75 Å². The van der Waals surface area contributed by atoms with E-state index >= 15 is 0 Å². The van der Waals surface area contributed by atoms with E-state index in [0.29, 0.717) is 37.0 Å². The van der Waals surface area contributed by atoms with Gasteiger partial charge in [-0.15, -0.1) is 0 Å². The summed E-state index contributed by atoms with van der Waals surface area (Å²) in [6.45, 7) is 4.54. The number of carbonyl (C=O) groups is 1. The van der Waals surface area contributed by atoms with Gasteiger partial charge in [0.15, 0.2) is 0 Å². The molecule has 2 aromatic rings. The van der Waals surface area contributed by atoms with Crippen molar-refractivity contribution in [2.24, 2.45) is 0 Å². The number of hydrogen-bond donors (Lipinski definition) is 2. The summed E-state index contributed by atoms with van der Waals surface area (Å²) in [5, 5.41) is 13.4. The van der Waals surface area contributed by atoms with Crippen molar-refractivity contribution in [2.75, 3.05) is 36.5 Å². The van der Waals surface area contributed by atoms with E-state index < -0.39 is 0 Å². The molecule has 6 heteroatoms. The van der Waals surface area contributed by atoms with Gasteiger partial charge in [-0.1, -0.05) is 29.3 Å². The fourth-order valence-electron chi connectivity index (χ4n) is 2.75. The average Bonchev–Trinajstić information content (AvgIpc) is 2.58. The highest BCUT2D eigenvalue weighted by molar-refractivity contribution is 6.34. The van der Waals surface area contributed by atoms with Crippen molar-refractivity contribution in [3.8, 4) is 5.75 Å². The molecule has 0 unspecified atom stereocenters. The number of rotatable bonds is 3. The number of anilines is 2. The molecule has 1 amide bonds. The SMILES string of the molecule is Cc1ccc(O)c(C(=O)Nc2cccc(Cl)c2N2CCOCC2)c1. The Morgan fingerprint density at radius 2 is 2.00 bits per heavy atom. The van der Waals surface area contributed by atoms with Crippen molar-refractivity contribution in [3.05, 3.63) is 52.5 Å². The van der Waals surface area contributed by atoms with Crippen LogP contribution in [-0.2, 0) is 4.74 Å². The number of benzene rings is 2. The summed E-state index contributed by atoms with van der Waals surface area (Å²) in [5.74, 6) is -0.416. The highest BCUT2D eigenvalue weighted by atomic mass is 35.5. The van der Waals surface area contributed by atoms with Crippen LogP contribution in [-0.4, -0.2) is 37.3 Å². The normalized spacial score (nSPS) is 14.5. The van der Waals surface area contributed by atoms with Crippen molar-refractivity contribution in [1.82, 2.24) is 0 Å². The topological polar surface area (TPSA) is 61.8 Å². The maximum absolute atomic E-state index is 12.6. The zero-order valence-corrected chi connectivity index (χ0v) is 14.1. The Balaban J connectivity index is 1.91. The van der Waals surface area contributed by atoms with Crippen molar-refractivity contribution in [3.63, 3.8) is 0 Å². The van der Waals surface area contributed by atoms with E-state index in [-0.39, 0.29) is 17.2 Å². The van der Waals surface area contributed by atoms with Gasteiger partial charge < -0.3 is 20.1 Å². The van der Waals surface area contributed by atoms with Gasteiger partial charge in [0.1, 0.15) is 5.75 Å². The number of nitrogens with zero attached hydrogens (tertiary/aromatic N) is 1. The van der Waals surface area contributed by atoms with E-state index in [9.17, 15) is 9.90 Å². The van der Waals surface area contributed by atoms with Crippen molar-refractivity contribution in [2.45, 2.75) is 6.92 Å². The van der Waals surface area contributed by atoms with E-state index in [4.69, 9.17) is 16.3 Å². The van der Waals surface area contributed by atoms with Gasteiger partial charge in [0, 0.05) is 13.1 Å². The number of carbonyl (C=O) groups excluding carboxylic acids is 1. The smallest absolute Gasteiger partial charge is 0.259 e. The minimum atomic E-state index is -0.368. The number of aromatic hydroxyl groups is 1. The molecular weight excluding hydrogens is 328 g/mol. The molecule has 5 nitrogen and oxygen atoms in total. The predicted molar refractivity (Wildman–Crippen MR) is 95.3 cm³/mol. The van der Waals surface area contributed by atoms with Crippen LogP contribution in [0.1, 0.15) is 15.9 Å². The number of phenolic OH excluding ortho intramolecular Hbond substituents is 1. The van der Waals surface area contributed by atoms with Crippen molar-refractivity contribution in [1.29, 1.82) is 0 Å². The Morgan fingerprint density at radius 3 is 2.75 bits per heavy atom. The summed E-state index contributed by atoms with van der Waals surface area (Å²) < 4.78 is 5.38. The molecule has 0 radical (unpaired) electrons. The van der Waals surface area contributed by atoms with Crippen LogP contribution in [0.25, 0.3) is 0 Å². The Hall–Kier alpha value is -2.24. The lowest BCUT2D eigenvalue weighted by Gasteiger charge is -2.31. The summed E-state index contributed by atoms with van der Waals surface area (Å²) in [5.41, 5.74) is 2.54. The first-order valence-electron chi connectivity index (χ1n) is 7.78. The summed E-state index contributed by atoms with van der Waals surface area (Å²) in [7, 11) is 0. The van der Waals surface area contributed by atoms with Crippen LogP contribution in [0.15, 0.2) is 36.4 Å². The monoisotopic (exact) mass is 346 g/mol. The molecule has 0 spiro atoms. The molecule has 0 aliphatic carbocycles. The third-order valence-electron chi connectivity index (χ3n) is 3.96. The predicted octanol–water partition coefficient (Wildman–Crippen LogP) is 3.44. The van der Waals surface area contributed by atoms with Gasteiger partial charge in [-0.25, -0.2) is 0 Å². The molecule has 2 N–H and O–H groups in total. The summed E-state index contributed by atoms with van der Waals surface area (Å²) in [6, 6.07) is 10.3. The fourth-order valence-corrected chi connectivity index (χ4v) is 3.04. The highest BCUT2D eigenvalue weighted by Crippen LogP contribution is 2.35. The number of morpholine rings is 1. The first-order chi connectivity index (χ1) is 11.6. The number of amides is 1. The lowest BCUT2D eigenvalue weighted by Crippen LogP contribution is -2.37. The van der Waals surface area contributed by atoms with Crippen LogP contribution in [0.2, 0.25) is 5.02 Å². The molecule has 1 heterocycles. The molecule has 3 rings (SSSR count). The van der Waals surface area contributed by atoms with Crippen LogP contribution in [0.4, 0.5) is 11.4 Å². The average molecular weight is 347 g/mol. The zero-order chi connectivity index (χ0) is 17.1. The van der Waals surface area contributed by atoms with E-state index in [2.05, 4.69) is 10.2 Å². The second kappa shape index (κ2) is 7.11. The van der Waals surface area contributed by atoms with Gasteiger partial charge in [-0.3, -0.25) is 4.79 Å². The minimum Gasteiger partial charge on any atom is -0.507 e. The molecule has 1 fully saturated rings. The Kier molecular flexibility index (Phi) is 4.92. The lowest BCUT2D eigenvalue weighted by molar-refractivity contribution is 0.102. The number of hydrogen-bond acceptors (Lipinski definition) is 4. The standard InChI is InChI=1S/C18H19ClN2O3/c1-12-5-6-16(22)13(11-12)18(23)20-15-4-2-3-14(19)17(15)21-7-9-24-10-8-21/h2-6,11,22H,7-10H2,1H3,(H,20,23). The molecule has 0 atom stereocenters. The second-order valence-electron chi connectivity index (χ2n) is 5.71. The highest BCUT2D eigenvalue weighted by Gasteiger charge is 2.20.